The lowest BCUT2D eigenvalue weighted by molar-refractivity contribution is 0.0962. The Morgan fingerprint density at radius 2 is 1.77 bits per heavy atom. The summed E-state index contributed by atoms with van der Waals surface area (Å²) in [5, 5.41) is 7.75. The molecule has 0 radical (unpaired) electrons. The lowest BCUT2D eigenvalue weighted by Crippen LogP contribution is -2.21. The number of carbonyl (C=O) groups excluding carboxylic acids is 1. The Labute approximate surface area is 208 Å². The van der Waals surface area contributed by atoms with Gasteiger partial charge in [0.1, 0.15) is 0 Å². The monoisotopic (exact) mass is 478 g/mol. The van der Waals surface area contributed by atoms with Gasteiger partial charge >= 0.3 is 0 Å². The Morgan fingerprint density at radius 1 is 0.971 bits per heavy atom. The van der Waals surface area contributed by atoms with Crippen molar-refractivity contribution in [3.05, 3.63) is 101 Å². The highest BCUT2D eigenvalue weighted by atomic mass is 32.2. The first-order valence-electron chi connectivity index (χ1n) is 12.0. The molecule has 1 aliphatic carbocycles. The summed E-state index contributed by atoms with van der Waals surface area (Å²) >= 11 is 1.59. The first-order chi connectivity index (χ1) is 17.0. The molecule has 0 amide bonds. The molecule has 35 heavy (non-hydrogen) atoms. The molecule has 1 aliphatic rings. The number of rotatable bonds is 5. The summed E-state index contributed by atoms with van der Waals surface area (Å²) in [5.41, 5.74) is 5.25. The molecule has 3 aromatic carbocycles. The van der Waals surface area contributed by atoms with Gasteiger partial charge in [0.25, 0.3) is 5.78 Å². The number of thioether (sulfide) groups is 1. The van der Waals surface area contributed by atoms with Crippen LogP contribution in [0.15, 0.2) is 78.1 Å². The van der Waals surface area contributed by atoms with Gasteiger partial charge in [-0.2, -0.15) is 4.98 Å². The summed E-state index contributed by atoms with van der Waals surface area (Å²) in [5.74, 6) is 2.08. The Hall–Kier alpha value is -3.51. The average Bonchev–Trinajstić information content (AvgIpc) is 3.28. The quantitative estimate of drug-likeness (QED) is 0.266. The maximum Gasteiger partial charge on any atom is 0.253 e. The third-order valence-corrected chi connectivity index (χ3v) is 7.76. The molecule has 5 aromatic rings. The fraction of sp³-hybridized carbons (Fsp3) is 0.241. The van der Waals surface area contributed by atoms with Gasteiger partial charge in [-0.1, -0.05) is 92.3 Å². The minimum Gasteiger partial charge on any atom is -0.294 e. The van der Waals surface area contributed by atoms with Gasteiger partial charge in [0.05, 0.1) is 11.3 Å². The highest BCUT2D eigenvalue weighted by molar-refractivity contribution is 7.98. The standard InChI is InChI=1S/C29H26N4OS/c1-18(2)19-10-12-20(13-11-19)23-14-26-25(27(34)15-23)16-33-28(30-26)31-29(32-33)35-17-22-8-5-7-21-6-3-4-9-24(21)22/h3-13,16,18,23H,14-15,17H2,1-2H3/t23-/m0/s1. The first kappa shape index (κ1) is 22.0. The maximum absolute atomic E-state index is 13.0. The Kier molecular flexibility index (Phi) is 5.61. The molecule has 0 bridgehead atoms. The van der Waals surface area contributed by atoms with Crippen molar-refractivity contribution in [2.75, 3.05) is 0 Å². The highest BCUT2D eigenvalue weighted by Gasteiger charge is 2.28. The number of nitrogens with zero attached hydrogens (tertiary/aromatic N) is 4. The van der Waals surface area contributed by atoms with Crippen LogP contribution in [0, 0.1) is 0 Å². The zero-order valence-electron chi connectivity index (χ0n) is 19.8. The van der Waals surface area contributed by atoms with Crippen molar-refractivity contribution in [2.24, 2.45) is 0 Å². The number of ketones is 1. The van der Waals surface area contributed by atoms with E-state index in [4.69, 9.17) is 4.98 Å². The summed E-state index contributed by atoms with van der Waals surface area (Å²) in [6.45, 7) is 4.38. The first-order valence-corrected chi connectivity index (χ1v) is 13.0. The molecule has 0 fully saturated rings. The molecule has 174 valence electrons. The Morgan fingerprint density at radius 3 is 2.60 bits per heavy atom. The number of hydrogen-bond acceptors (Lipinski definition) is 5. The van der Waals surface area contributed by atoms with E-state index in [0.717, 1.165) is 17.9 Å². The number of aromatic nitrogens is 4. The predicted octanol–water partition coefficient (Wildman–Crippen LogP) is 6.61. The van der Waals surface area contributed by atoms with Crippen molar-refractivity contribution in [1.82, 2.24) is 19.6 Å². The third kappa shape index (κ3) is 4.23. The fourth-order valence-electron chi connectivity index (χ4n) is 4.88. The second-order valence-electron chi connectivity index (χ2n) is 9.52. The zero-order valence-corrected chi connectivity index (χ0v) is 20.6. The second-order valence-corrected chi connectivity index (χ2v) is 10.5. The van der Waals surface area contributed by atoms with E-state index in [1.54, 1.807) is 16.3 Å². The molecule has 5 nitrogen and oxygen atoms in total. The van der Waals surface area contributed by atoms with Crippen LogP contribution in [0.4, 0.5) is 0 Å². The molecule has 6 heteroatoms. The van der Waals surface area contributed by atoms with E-state index in [1.165, 1.54) is 27.5 Å². The van der Waals surface area contributed by atoms with Crippen LogP contribution < -0.4 is 0 Å². The van der Waals surface area contributed by atoms with E-state index in [9.17, 15) is 4.79 Å². The molecule has 0 N–H and O–H groups in total. The summed E-state index contributed by atoms with van der Waals surface area (Å²) in [7, 11) is 0. The molecule has 0 spiro atoms. The molecule has 0 saturated heterocycles. The van der Waals surface area contributed by atoms with E-state index >= 15 is 0 Å². The van der Waals surface area contributed by atoms with Crippen LogP contribution in [0.1, 0.15) is 64.8 Å². The lowest BCUT2D eigenvalue weighted by Gasteiger charge is -2.23. The van der Waals surface area contributed by atoms with Gasteiger partial charge in [0, 0.05) is 18.4 Å². The summed E-state index contributed by atoms with van der Waals surface area (Å²) in [6, 6.07) is 23.4. The van der Waals surface area contributed by atoms with Gasteiger partial charge < -0.3 is 0 Å². The smallest absolute Gasteiger partial charge is 0.253 e. The van der Waals surface area contributed by atoms with E-state index in [-0.39, 0.29) is 11.7 Å². The van der Waals surface area contributed by atoms with Gasteiger partial charge in [-0.25, -0.2) is 9.50 Å². The van der Waals surface area contributed by atoms with Crippen molar-refractivity contribution in [3.8, 4) is 0 Å². The minimum absolute atomic E-state index is 0.124. The van der Waals surface area contributed by atoms with Crippen LogP contribution in [0.5, 0.6) is 0 Å². The number of carbonyl (C=O) groups is 1. The topological polar surface area (TPSA) is 60.2 Å². The zero-order chi connectivity index (χ0) is 23.9. The van der Waals surface area contributed by atoms with Gasteiger partial charge in [-0.05, 0) is 45.7 Å². The SMILES string of the molecule is CC(C)c1ccc([C@@H]2CC(=O)c3cn4nc(SCc5cccc6ccccc56)nc4nc3C2)cc1. The van der Waals surface area contributed by atoms with Crippen LogP contribution in [-0.4, -0.2) is 25.4 Å². The molecule has 2 heterocycles. The van der Waals surface area contributed by atoms with E-state index < -0.39 is 0 Å². The van der Waals surface area contributed by atoms with Gasteiger partial charge in [0.15, 0.2) is 5.78 Å². The number of Topliss-reactive ketones (excluding diaryl/α,β-unsaturated/α-hetero) is 1. The van der Waals surface area contributed by atoms with Gasteiger partial charge in [0.2, 0.25) is 5.16 Å². The van der Waals surface area contributed by atoms with Crippen molar-refractivity contribution in [1.29, 1.82) is 0 Å². The number of hydrogen-bond donors (Lipinski definition) is 0. The molecular weight excluding hydrogens is 452 g/mol. The molecule has 6 rings (SSSR count). The minimum atomic E-state index is 0.124. The molecule has 0 unspecified atom stereocenters. The predicted molar refractivity (Wildman–Crippen MR) is 140 cm³/mol. The summed E-state index contributed by atoms with van der Waals surface area (Å²) in [4.78, 5) is 22.5. The van der Waals surface area contributed by atoms with E-state index in [2.05, 4.69) is 90.7 Å². The number of benzene rings is 3. The van der Waals surface area contributed by atoms with Crippen LogP contribution >= 0.6 is 11.8 Å². The Bertz CT molecular complexity index is 1550. The van der Waals surface area contributed by atoms with E-state index in [0.29, 0.717) is 28.8 Å². The van der Waals surface area contributed by atoms with Crippen molar-refractivity contribution in [3.63, 3.8) is 0 Å². The molecule has 0 aliphatic heterocycles. The molecule has 0 saturated carbocycles. The second kappa shape index (κ2) is 8.93. The summed E-state index contributed by atoms with van der Waals surface area (Å²) < 4.78 is 1.65. The van der Waals surface area contributed by atoms with Gasteiger partial charge in [-0.15, -0.1) is 5.10 Å². The van der Waals surface area contributed by atoms with Crippen LogP contribution in [0.3, 0.4) is 0 Å². The van der Waals surface area contributed by atoms with Crippen LogP contribution in [0.2, 0.25) is 0 Å². The largest absolute Gasteiger partial charge is 0.294 e. The molecule has 1 atom stereocenters. The maximum atomic E-state index is 13.0. The van der Waals surface area contributed by atoms with Gasteiger partial charge in [-0.3, -0.25) is 4.79 Å². The van der Waals surface area contributed by atoms with Crippen molar-refractivity contribution in [2.45, 2.75) is 49.4 Å². The summed E-state index contributed by atoms with van der Waals surface area (Å²) in [6.07, 6.45) is 3.05. The normalized spacial score (nSPS) is 15.7. The average molecular weight is 479 g/mol. The Balaban J connectivity index is 1.25. The van der Waals surface area contributed by atoms with Crippen LogP contribution in [0.25, 0.3) is 16.6 Å². The van der Waals surface area contributed by atoms with Crippen LogP contribution in [-0.2, 0) is 12.2 Å². The number of fused-ring (bicyclic) bond motifs is 3. The van der Waals surface area contributed by atoms with Crippen molar-refractivity contribution < 1.29 is 4.79 Å². The molecule has 2 aromatic heterocycles. The third-order valence-electron chi connectivity index (χ3n) is 6.87. The fourth-order valence-corrected chi connectivity index (χ4v) is 5.70. The van der Waals surface area contributed by atoms with Crippen molar-refractivity contribution >= 4 is 34.1 Å². The molecular formula is C29H26N4OS. The van der Waals surface area contributed by atoms with E-state index in [1.807, 2.05) is 6.20 Å². The highest BCUT2D eigenvalue weighted by Crippen LogP contribution is 2.33. The lowest BCUT2D eigenvalue weighted by atomic mass is 9.81.